The van der Waals surface area contributed by atoms with Gasteiger partial charge in [-0.05, 0) is 67.8 Å². The molecule has 3 nitrogen and oxygen atoms in total. The highest BCUT2D eigenvalue weighted by atomic mass is 16.5. The molecule has 3 unspecified atom stereocenters. The normalized spacial score (nSPS) is 30.0. The molecule has 1 aliphatic heterocycles. The van der Waals surface area contributed by atoms with Crippen LogP contribution in [0.4, 0.5) is 0 Å². The smallest absolute Gasteiger partial charge is 0.119 e. The molecule has 2 aliphatic rings. The van der Waals surface area contributed by atoms with Crippen molar-refractivity contribution in [1.29, 1.82) is 0 Å². The zero-order chi connectivity index (χ0) is 14.8. The van der Waals surface area contributed by atoms with E-state index in [1.54, 1.807) is 7.11 Å². The maximum Gasteiger partial charge on any atom is 0.119 e. The van der Waals surface area contributed by atoms with E-state index < -0.39 is 0 Å². The molecule has 0 saturated carbocycles. The van der Waals surface area contributed by atoms with Crippen LogP contribution in [0.5, 0.6) is 5.75 Å². The van der Waals surface area contributed by atoms with Gasteiger partial charge in [-0.15, -0.1) is 0 Å². The summed E-state index contributed by atoms with van der Waals surface area (Å²) in [5, 5.41) is 0. The first-order valence-electron chi connectivity index (χ1n) is 8.33. The van der Waals surface area contributed by atoms with Crippen LogP contribution in [0.15, 0.2) is 18.2 Å². The molecule has 3 heteroatoms. The molecule has 1 aromatic carbocycles. The quantitative estimate of drug-likeness (QED) is 0.929. The minimum atomic E-state index is 0.575. The van der Waals surface area contributed by atoms with Gasteiger partial charge in [-0.2, -0.15) is 0 Å². The third-order valence-corrected chi connectivity index (χ3v) is 5.38. The Hall–Kier alpha value is -1.06. The molecule has 0 spiro atoms. The number of hydrogen-bond acceptors (Lipinski definition) is 3. The Bertz CT molecular complexity index is 488. The molecular formula is C18H28N2O. The van der Waals surface area contributed by atoms with Gasteiger partial charge in [0.05, 0.1) is 7.11 Å². The largest absolute Gasteiger partial charge is 0.497 e. The average Bonchev–Trinajstić information content (AvgIpc) is 2.53. The van der Waals surface area contributed by atoms with Gasteiger partial charge in [-0.25, -0.2) is 0 Å². The first-order chi connectivity index (χ1) is 10.2. The van der Waals surface area contributed by atoms with E-state index in [0.29, 0.717) is 12.1 Å². The molecule has 3 atom stereocenters. The van der Waals surface area contributed by atoms with Crippen LogP contribution in [-0.4, -0.2) is 37.2 Å². The molecule has 1 saturated heterocycles. The van der Waals surface area contributed by atoms with Gasteiger partial charge in [0.2, 0.25) is 0 Å². The van der Waals surface area contributed by atoms with Gasteiger partial charge >= 0.3 is 0 Å². The molecule has 21 heavy (non-hydrogen) atoms. The van der Waals surface area contributed by atoms with Crippen molar-refractivity contribution < 1.29 is 4.74 Å². The lowest BCUT2D eigenvalue weighted by molar-refractivity contribution is 0.0689. The van der Waals surface area contributed by atoms with Gasteiger partial charge in [-0.3, -0.25) is 4.90 Å². The number of aryl methyl sites for hydroxylation is 1. The minimum Gasteiger partial charge on any atom is -0.497 e. The summed E-state index contributed by atoms with van der Waals surface area (Å²) in [6.45, 7) is 4.37. The highest BCUT2D eigenvalue weighted by Gasteiger charge is 2.32. The molecule has 1 aliphatic carbocycles. The number of nitrogens with zero attached hydrogens (tertiary/aromatic N) is 1. The minimum absolute atomic E-state index is 0.575. The van der Waals surface area contributed by atoms with Crippen molar-refractivity contribution in [2.45, 2.75) is 51.1 Å². The van der Waals surface area contributed by atoms with E-state index in [-0.39, 0.29) is 0 Å². The summed E-state index contributed by atoms with van der Waals surface area (Å²) >= 11 is 0. The van der Waals surface area contributed by atoms with E-state index in [4.69, 9.17) is 10.5 Å². The number of benzene rings is 1. The molecule has 0 radical (unpaired) electrons. The highest BCUT2D eigenvalue weighted by Crippen LogP contribution is 2.32. The van der Waals surface area contributed by atoms with Crippen LogP contribution in [0.2, 0.25) is 0 Å². The molecule has 2 N–H and O–H groups in total. The Kier molecular flexibility index (Phi) is 4.51. The number of methoxy groups -OCH3 is 1. The number of nitrogens with two attached hydrogens (primary N) is 1. The lowest BCUT2D eigenvalue weighted by atomic mass is 9.84. The van der Waals surface area contributed by atoms with E-state index in [1.807, 2.05) is 0 Å². The van der Waals surface area contributed by atoms with E-state index in [9.17, 15) is 0 Å². The summed E-state index contributed by atoms with van der Waals surface area (Å²) in [4.78, 5) is 2.70. The van der Waals surface area contributed by atoms with Gasteiger partial charge in [0.1, 0.15) is 5.75 Å². The molecular weight excluding hydrogens is 260 g/mol. The summed E-state index contributed by atoms with van der Waals surface area (Å²) in [6, 6.07) is 7.79. The van der Waals surface area contributed by atoms with Crippen LogP contribution in [-0.2, 0) is 12.8 Å². The number of likely N-dealkylation sites (tertiary alicyclic amines) is 1. The zero-order valence-corrected chi connectivity index (χ0v) is 13.3. The summed E-state index contributed by atoms with van der Waals surface area (Å²) < 4.78 is 5.38. The lowest BCUT2D eigenvalue weighted by Gasteiger charge is -2.44. The van der Waals surface area contributed by atoms with E-state index >= 15 is 0 Å². The molecule has 0 bridgehead atoms. The Morgan fingerprint density at radius 1 is 1.29 bits per heavy atom. The first kappa shape index (κ1) is 14.9. The monoisotopic (exact) mass is 288 g/mol. The third kappa shape index (κ3) is 3.09. The van der Waals surface area contributed by atoms with E-state index in [0.717, 1.165) is 24.6 Å². The van der Waals surface area contributed by atoms with Crippen LogP contribution in [0.3, 0.4) is 0 Å². The van der Waals surface area contributed by atoms with E-state index in [1.165, 1.54) is 43.4 Å². The predicted octanol–water partition coefficient (Wildman–Crippen LogP) is 2.61. The summed E-state index contributed by atoms with van der Waals surface area (Å²) in [5.41, 5.74) is 9.01. The fraction of sp³-hybridized carbons (Fsp3) is 0.667. The number of ether oxygens (including phenoxy) is 1. The third-order valence-electron chi connectivity index (χ3n) is 5.38. The van der Waals surface area contributed by atoms with Gasteiger partial charge in [-0.1, -0.05) is 13.0 Å². The lowest BCUT2D eigenvalue weighted by Crippen LogP contribution is -2.52. The van der Waals surface area contributed by atoms with Crippen LogP contribution < -0.4 is 10.5 Å². The van der Waals surface area contributed by atoms with Crippen LogP contribution in [0, 0.1) is 5.92 Å². The van der Waals surface area contributed by atoms with Gasteiger partial charge in [0.15, 0.2) is 0 Å². The number of piperidine rings is 1. The maximum atomic E-state index is 6.04. The summed E-state index contributed by atoms with van der Waals surface area (Å²) in [7, 11) is 1.75. The molecule has 1 aromatic rings. The van der Waals surface area contributed by atoms with Crippen molar-refractivity contribution in [2.75, 3.05) is 20.2 Å². The molecule has 1 heterocycles. The fourth-order valence-corrected chi connectivity index (χ4v) is 4.11. The second kappa shape index (κ2) is 6.37. The Morgan fingerprint density at radius 2 is 2.14 bits per heavy atom. The molecule has 0 aromatic heterocycles. The molecule has 116 valence electrons. The van der Waals surface area contributed by atoms with Crippen molar-refractivity contribution in [2.24, 2.45) is 11.7 Å². The number of rotatable bonds is 3. The van der Waals surface area contributed by atoms with Crippen LogP contribution >= 0.6 is 0 Å². The second-order valence-corrected chi connectivity index (χ2v) is 6.79. The SMILES string of the molecule is COc1ccc2c(c1)CC(N1CCC(C)CC1CN)CC2. The molecule has 0 amide bonds. The highest BCUT2D eigenvalue weighted by molar-refractivity contribution is 5.38. The summed E-state index contributed by atoms with van der Waals surface area (Å²) in [5.74, 6) is 1.81. The fourth-order valence-electron chi connectivity index (χ4n) is 4.11. The Balaban J connectivity index is 1.75. The first-order valence-corrected chi connectivity index (χ1v) is 8.33. The Morgan fingerprint density at radius 3 is 2.90 bits per heavy atom. The van der Waals surface area contributed by atoms with Crippen LogP contribution in [0.1, 0.15) is 37.3 Å². The molecule has 3 rings (SSSR count). The average molecular weight is 288 g/mol. The summed E-state index contributed by atoms with van der Waals surface area (Å²) in [6.07, 6.45) is 6.19. The van der Waals surface area contributed by atoms with Crippen molar-refractivity contribution in [3.63, 3.8) is 0 Å². The maximum absolute atomic E-state index is 6.04. The van der Waals surface area contributed by atoms with Crippen molar-refractivity contribution in [3.05, 3.63) is 29.3 Å². The van der Waals surface area contributed by atoms with Gasteiger partial charge < -0.3 is 10.5 Å². The number of hydrogen-bond donors (Lipinski definition) is 1. The zero-order valence-electron chi connectivity index (χ0n) is 13.3. The Labute approximate surface area is 128 Å². The number of fused-ring (bicyclic) bond motifs is 1. The van der Waals surface area contributed by atoms with Crippen molar-refractivity contribution in [3.8, 4) is 5.75 Å². The predicted molar refractivity (Wildman–Crippen MR) is 86.8 cm³/mol. The molecule has 1 fully saturated rings. The van der Waals surface area contributed by atoms with Gasteiger partial charge in [0, 0.05) is 18.6 Å². The van der Waals surface area contributed by atoms with Crippen molar-refractivity contribution >= 4 is 0 Å². The topological polar surface area (TPSA) is 38.5 Å². The van der Waals surface area contributed by atoms with Crippen LogP contribution in [0.25, 0.3) is 0 Å². The second-order valence-electron chi connectivity index (χ2n) is 6.79. The van der Waals surface area contributed by atoms with E-state index in [2.05, 4.69) is 30.0 Å². The van der Waals surface area contributed by atoms with Crippen molar-refractivity contribution in [1.82, 2.24) is 4.90 Å². The standard InChI is InChI=1S/C18H28N2O/c1-13-7-8-20(17(9-13)12-19)16-5-3-14-4-6-18(21-2)11-15(14)10-16/h4,6,11,13,16-17H,3,5,7-10,12,19H2,1-2H3. The van der Waals surface area contributed by atoms with Gasteiger partial charge in [0.25, 0.3) is 0 Å².